The number of hydrogen-bond donors (Lipinski definition) is 1. The number of nitrogens with two attached hydrogens (primary N) is 1. The van der Waals surface area contributed by atoms with Crippen LogP contribution >= 0.6 is 0 Å². The lowest BCUT2D eigenvalue weighted by Gasteiger charge is -2.30. The second-order valence-corrected chi connectivity index (χ2v) is 5.66. The smallest absolute Gasteiger partial charge is 0.214 e. The van der Waals surface area contributed by atoms with Gasteiger partial charge in [-0.15, -0.1) is 0 Å². The van der Waals surface area contributed by atoms with E-state index < -0.39 is 10.0 Å². The van der Waals surface area contributed by atoms with Gasteiger partial charge < -0.3 is 0 Å². The maximum absolute atomic E-state index is 11.7. The molecule has 0 aromatic carbocycles. The van der Waals surface area contributed by atoms with Gasteiger partial charge in [-0.3, -0.25) is 4.84 Å². The minimum Gasteiger partial charge on any atom is -0.300 e. The Hall–Kier alpha value is -0.170. The van der Waals surface area contributed by atoms with E-state index in [0.717, 1.165) is 12.8 Å². The summed E-state index contributed by atoms with van der Waals surface area (Å²) < 4.78 is 24.8. The molecule has 5 nitrogen and oxygen atoms in total. The van der Waals surface area contributed by atoms with Gasteiger partial charge in [0.1, 0.15) is 0 Å². The molecule has 0 spiro atoms. The molecule has 0 aromatic rings. The van der Waals surface area contributed by atoms with E-state index >= 15 is 0 Å². The predicted molar refractivity (Wildman–Crippen MR) is 53.9 cm³/mol. The highest BCUT2D eigenvalue weighted by molar-refractivity contribution is 7.89. The molecule has 2 N–H and O–H groups in total. The van der Waals surface area contributed by atoms with Crippen LogP contribution in [0.3, 0.4) is 0 Å². The molecule has 1 aliphatic rings. The monoisotopic (exact) mass is 222 g/mol. The lowest BCUT2D eigenvalue weighted by atomic mass is 10.1. The molecule has 84 valence electrons. The van der Waals surface area contributed by atoms with Crippen LogP contribution in [0, 0.1) is 0 Å². The number of piperidine rings is 1. The fraction of sp³-hybridized carbons (Fsp3) is 1.00. The molecule has 1 rings (SSSR count). The Morgan fingerprint density at radius 2 is 2.29 bits per heavy atom. The zero-order chi connectivity index (χ0) is 10.6. The van der Waals surface area contributed by atoms with Crippen molar-refractivity contribution < 1.29 is 13.3 Å². The minimum absolute atomic E-state index is 0.143. The second kappa shape index (κ2) is 5.06. The third-order valence-corrected chi connectivity index (χ3v) is 4.43. The molecule has 0 amide bonds. The van der Waals surface area contributed by atoms with Crippen LogP contribution in [0.15, 0.2) is 0 Å². The highest BCUT2D eigenvalue weighted by atomic mass is 32.2. The molecule has 0 aromatic heterocycles. The molecule has 1 atom stereocenters. The van der Waals surface area contributed by atoms with Crippen molar-refractivity contribution in [2.75, 3.05) is 18.8 Å². The van der Waals surface area contributed by atoms with Gasteiger partial charge in [0.2, 0.25) is 10.0 Å². The fourth-order valence-electron chi connectivity index (χ4n) is 1.66. The summed E-state index contributed by atoms with van der Waals surface area (Å²) in [4.78, 5) is 4.69. The zero-order valence-electron chi connectivity index (χ0n) is 8.48. The van der Waals surface area contributed by atoms with Gasteiger partial charge in [0, 0.05) is 13.1 Å². The highest BCUT2D eigenvalue weighted by Crippen LogP contribution is 2.15. The first-order valence-corrected chi connectivity index (χ1v) is 6.54. The molecule has 14 heavy (non-hydrogen) atoms. The molecule has 1 fully saturated rings. The Kier molecular flexibility index (Phi) is 4.31. The third-order valence-electron chi connectivity index (χ3n) is 2.39. The SMILES string of the molecule is CCCS(=O)(=O)N1CCCC(ON)C1. The third kappa shape index (κ3) is 2.91. The number of hydrogen-bond acceptors (Lipinski definition) is 4. The number of rotatable bonds is 4. The summed E-state index contributed by atoms with van der Waals surface area (Å²) in [6.07, 6.45) is 2.17. The van der Waals surface area contributed by atoms with Gasteiger partial charge in [-0.05, 0) is 19.3 Å². The molecular formula is C8H18N2O3S. The largest absolute Gasteiger partial charge is 0.300 e. The number of nitrogens with zero attached hydrogens (tertiary/aromatic N) is 1. The van der Waals surface area contributed by atoms with Crippen molar-refractivity contribution in [1.82, 2.24) is 4.31 Å². The first-order chi connectivity index (χ1) is 6.60. The van der Waals surface area contributed by atoms with E-state index in [0.29, 0.717) is 19.5 Å². The lowest BCUT2D eigenvalue weighted by molar-refractivity contribution is 0.0182. The van der Waals surface area contributed by atoms with Gasteiger partial charge in [0.25, 0.3) is 0 Å². The van der Waals surface area contributed by atoms with Crippen LogP contribution in [-0.2, 0) is 14.9 Å². The van der Waals surface area contributed by atoms with Crippen molar-refractivity contribution in [3.8, 4) is 0 Å². The van der Waals surface area contributed by atoms with E-state index in [-0.39, 0.29) is 11.9 Å². The Labute approximate surface area is 85.2 Å². The Morgan fingerprint density at radius 1 is 1.57 bits per heavy atom. The lowest BCUT2D eigenvalue weighted by Crippen LogP contribution is -2.44. The van der Waals surface area contributed by atoms with Gasteiger partial charge in [-0.25, -0.2) is 14.3 Å². The zero-order valence-corrected chi connectivity index (χ0v) is 9.29. The van der Waals surface area contributed by atoms with Crippen molar-refractivity contribution in [2.24, 2.45) is 5.90 Å². The van der Waals surface area contributed by atoms with E-state index in [4.69, 9.17) is 5.90 Å². The van der Waals surface area contributed by atoms with Crippen molar-refractivity contribution in [2.45, 2.75) is 32.3 Å². The number of sulfonamides is 1. The van der Waals surface area contributed by atoms with Crippen molar-refractivity contribution >= 4 is 10.0 Å². The van der Waals surface area contributed by atoms with Gasteiger partial charge in [-0.1, -0.05) is 6.92 Å². The Balaban J connectivity index is 2.59. The van der Waals surface area contributed by atoms with Crippen LogP contribution in [0.25, 0.3) is 0 Å². The molecule has 0 saturated carbocycles. The summed E-state index contributed by atoms with van der Waals surface area (Å²) in [6.45, 7) is 2.86. The average molecular weight is 222 g/mol. The first-order valence-electron chi connectivity index (χ1n) is 4.93. The molecule has 1 aliphatic heterocycles. The summed E-state index contributed by atoms with van der Waals surface area (Å²) in [5.41, 5.74) is 0. The topological polar surface area (TPSA) is 72.6 Å². The van der Waals surface area contributed by atoms with Crippen LogP contribution in [0.5, 0.6) is 0 Å². The van der Waals surface area contributed by atoms with Crippen LogP contribution in [0.4, 0.5) is 0 Å². The van der Waals surface area contributed by atoms with Crippen LogP contribution in [-0.4, -0.2) is 37.7 Å². The Bertz CT molecular complexity index is 266. The summed E-state index contributed by atoms with van der Waals surface area (Å²) in [6, 6.07) is 0. The molecule has 1 unspecified atom stereocenters. The molecule has 0 aliphatic carbocycles. The minimum atomic E-state index is -3.08. The maximum atomic E-state index is 11.7. The van der Waals surface area contributed by atoms with Gasteiger partial charge in [-0.2, -0.15) is 4.31 Å². The molecule has 0 bridgehead atoms. The van der Waals surface area contributed by atoms with E-state index in [1.807, 2.05) is 6.92 Å². The van der Waals surface area contributed by atoms with Crippen LogP contribution in [0.2, 0.25) is 0 Å². The van der Waals surface area contributed by atoms with E-state index in [1.165, 1.54) is 4.31 Å². The summed E-state index contributed by atoms with van der Waals surface area (Å²) in [7, 11) is -3.08. The van der Waals surface area contributed by atoms with Crippen LogP contribution in [0.1, 0.15) is 26.2 Å². The fourth-order valence-corrected chi connectivity index (χ4v) is 3.23. The van der Waals surface area contributed by atoms with Gasteiger partial charge >= 0.3 is 0 Å². The predicted octanol–water partition coefficient (Wildman–Crippen LogP) is 0.0809. The molecule has 1 saturated heterocycles. The molecule has 1 heterocycles. The van der Waals surface area contributed by atoms with E-state index in [9.17, 15) is 8.42 Å². The van der Waals surface area contributed by atoms with Crippen molar-refractivity contribution in [3.05, 3.63) is 0 Å². The average Bonchev–Trinajstić information content (AvgIpc) is 2.18. The first kappa shape index (κ1) is 11.9. The molecular weight excluding hydrogens is 204 g/mol. The Morgan fingerprint density at radius 3 is 2.86 bits per heavy atom. The van der Waals surface area contributed by atoms with Gasteiger partial charge in [0.05, 0.1) is 11.9 Å². The standard InChI is InChI=1S/C8H18N2O3S/c1-2-6-14(11,12)10-5-3-4-8(7-10)13-9/h8H,2-7,9H2,1H3. The second-order valence-electron chi connectivity index (χ2n) is 3.57. The highest BCUT2D eigenvalue weighted by Gasteiger charge is 2.28. The molecule has 6 heteroatoms. The summed E-state index contributed by atoms with van der Waals surface area (Å²) in [5, 5.41) is 0. The van der Waals surface area contributed by atoms with Gasteiger partial charge in [0.15, 0.2) is 0 Å². The maximum Gasteiger partial charge on any atom is 0.214 e. The van der Waals surface area contributed by atoms with Crippen molar-refractivity contribution in [1.29, 1.82) is 0 Å². The van der Waals surface area contributed by atoms with Crippen molar-refractivity contribution in [3.63, 3.8) is 0 Å². The van der Waals surface area contributed by atoms with Crippen LogP contribution < -0.4 is 5.90 Å². The molecule has 0 radical (unpaired) electrons. The quantitative estimate of drug-likeness (QED) is 0.684. The summed E-state index contributed by atoms with van der Waals surface area (Å²) >= 11 is 0. The summed E-state index contributed by atoms with van der Waals surface area (Å²) in [5.74, 6) is 5.27. The normalized spacial score (nSPS) is 25.1. The van der Waals surface area contributed by atoms with E-state index in [1.54, 1.807) is 0 Å². The van der Waals surface area contributed by atoms with E-state index in [2.05, 4.69) is 4.84 Å².